The van der Waals surface area contributed by atoms with Crippen molar-refractivity contribution < 1.29 is 18.8 Å². The number of rotatable bonds is 6. The Hall–Kier alpha value is -3.97. The van der Waals surface area contributed by atoms with Gasteiger partial charge in [0.15, 0.2) is 0 Å². The van der Waals surface area contributed by atoms with E-state index < -0.39 is 17.6 Å². The number of aryl methyl sites for hydroxylation is 2. The van der Waals surface area contributed by atoms with Crippen LogP contribution in [0, 0.1) is 12.7 Å². The molecule has 0 spiro atoms. The van der Waals surface area contributed by atoms with Crippen LogP contribution >= 0.6 is 11.6 Å². The summed E-state index contributed by atoms with van der Waals surface area (Å²) in [6.07, 6.45) is 0.764. The summed E-state index contributed by atoms with van der Waals surface area (Å²) in [5, 5.41) is 5.40. The number of carbonyl (C=O) groups is 3. The number of nitrogens with one attached hydrogen (secondary N) is 2. The number of imide groups is 1. The van der Waals surface area contributed by atoms with Crippen LogP contribution in [0.3, 0.4) is 0 Å². The number of para-hydroxylation sites is 2. The zero-order valence-electron chi connectivity index (χ0n) is 18.5. The van der Waals surface area contributed by atoms with Gasteiger partial charge in [-0.15, -0.1) is 0 Å². The van der Waals surface area contributed by atoms with Crippen LogP contribution in [0.25, 0.3) is 0 Å². The van der Waals surface area contributed by atoms with Crippen molar-refractivity contribution in [1.82, 2.24) is 0 Å². The molecule has 0 fully saturated rings. The van der Waals surface area contributed by atoms with Gasteiger partial charge in [-0.1, -0.05) is 54.9 Å². The first-order valence-electron chi connectivity index (χ1n) is 10.6. The summed E-state index contributed by atoms with van der Waals surface area (Å²) in [5.74, 6) is -2.67. The average Bonchev–Trinajstić information content (AvgIpc) is 3.04. The molecule has 1 aliphatic rings. The van der Waals surface area contributed by atoms with Crippen molar-refractivity contribution in [2.75, 3.05) is 15.5 Å². The van der Waals surface area contributed by atoms with Gasteiger partial charge in [0.2, 0.25) is 0 Å². The van der Waals surface area contributed by atoms with E-state index >= 15 is 0 Å². The molecule has 0 radical (unpaired) electrons. The predicted octanol–water partition coefficient (Wildman–Crippen LogP) is 5.38. The second kappa shape index (κ2) is 9.49. The van der Waals surface area contributed by atoms with Crippen LogP contribution in [-0.2, 0) is 16.0 Å². The minimum absolute atomic E-state index is 0.189. The van der Waals surface area contributed by atoms with Crippen LogP contribution in [0.15, 0.2) is 77.5 Å². The van der Waals surface area contributed by atoms with Gasteiger partial charge in [0.05, 0.1) is 5.69 Å². The fourth-order valence-corrected chi connectivity index (χ4v) is 3.95. The molecular formula is C26H21ClFN3O3. The molecule has 3 amide bonds. The summed E-state index contributed by atoms with van der Waals surface area (Å²) >= 11 is 6.13. The van der Waals surface area contributed by atoms with Gasteiger partial charge in [-0.3, -0.25) is 14.4 Å². The van der Waals surface area contributed by atoms with Crippen molar-refractivity contribution in [3.05, 3.63) is 100.0 Å². The number of carbonyl (C=O) groups excluding carboxylic acids is 3. The minimum atomic E-state index is -0.834. The molecule has 0 atom stereocenters. The van der Waals surface area contributed by atoms with Crippen molar-refractivity contribution in [2.24, 2.45) is 0 Å². The highest BCUT2D eigenvalue weighted by atomic mass is 35.5. The molecule has 34 heavy (non-hydrogen) atoms. The molecule has 0 unspecified atom stereocenters. The van der Waals surface area contributed by atoms with Crippen molar-refractivity contribution >= 4 is 46.4 Å². The molecular weight excluding hydrogens is 457 g/mol. The number of halogens is 2. The van der Waals surface area contributed by atoms with Crippen molar-refractivity contribution in [3.63, 3.8) is 0 Å². The molecule has 0 saturated heterocycles. The lowest BCUT2D eigenvalue weighted by Crippen LogP contribution is -2.33. The number of nitrogens with zero attached hydrogens (tertiary/aromatic N) is 1. The summed E-state index contributed by atoms with van der Waals surface area (Å²) in [5.41, 5.74) is 3.05. The van der Waals surface area contributed by atoms with E-state index in [4.69, 9.17) is 11.6 Å². The third-order valence-electron chi connectivity index (χ3n) is 5.49. The van der Waals surface area contributed by atoms with E-state index in [0.717, 1.165) is 29.3 Å². The lowest BCUT2D eigenvalue weighted by atomic mass is 10.1. The third-order valence-corrected chi connectivity index (χ3v) is 5.84. The number of hydrogen-bond donors (Lipinski definition) is 2. The van der Waals surface area contributed by atoms with Gasteiger partial charge >= 0.3 is 0 Å². The van der Waals surface area contributed by atoms with E-state index in [0.29, 0.717) is 16.2 Å². The van der Waals surface area contributed by atoms with Gasteiger partial charge in [-0.2, -0.15) is 0 Å². The van der Waals surface area contributed by atoms with E-state index in [1.165, 1.54) is 18.2 Å². The van der Waals surface area contributed by atoms with Crippen LogP contribution in [-0.4, -0.2) is 17.7 Å². The number of amides is 3. The Kier molecular flexibility index (Phi) is 6.47. The smallest absolute Gasteiger partial charge is 0.283 e. The fraction of sp³-hybridized carbons (Fsp3) is 0.115. The van der Waals surface area contributed by atoms with Crippen LogP contribution < -0.4 is 15.5 Å². The van der Waals surface area contributed by atoms with E-state index in [2.05, 4.69) is 10.6 Å². The topological polar surface area (TPSA) is 78.5 Å². The first-order chi connectivity index (χ1) is 16.3. The molecule has 8 heteroatoms. The second-order valence-corrected chi connectivity index (χ2v) is 8.09. The van der Waals surface area contributed by atoms with Gasteiger partial charge in [0.1, 0.15) is 16.5 Å². The van der Waals surface area contributed by atoms with Crippen molar-refractivity contribution in [1.29, 1.82) is 0 Å². The van der Waals surface area contributed by atoms with Crippen LogP contribution in [0.5, 0.6) is 0 Å². The highest BCUT2D eigenvalue weighted by molar-refractivity contribution is 6.53. The Bertz CT molecular complexity index is 1350. The molecule has 0 bridgehead atoms. The Morgan fingerprint density at radius 1 is 1.00 bits per heavy atom. The zero-order chi connectivity index (χ0) is 24.4. The fourth-order valence-electron chi connectivity index (χ4n) is 3.73. The number of anilines is 3. The average molecular weight is 478 g/mol. The number of hydrogen-bond acceptors (Lipinski definition) is 4. The summed E-state index contributed by atoms with van der Waals surface area (Å²) in [6.45, 7) is 3.93. The molecule has 6 nitrogen and oxygen atoms in total. The molecule has 4 rings (SSSR count). The molecule has 3 aromatic carbocycles. The van der Waals surface area contributed by atoms with Crippen LogP contribution in [0.4, 0.5) is 21.5 Å². The third kappa shape index (κ3) is 4.30. The van der Waals surface area contributed by atoms with Crippen molar-refractivity contribution in [3.8, 4) is 0 Å². The monoisotopic (exact) mass is 477 g/mol. The minimum Gasteiger partial charge on any atom is -0.350 e. The normalized spacial score (nSPS) is 13.5. The molecule has 3 aromatic rings. The Morgan fingerprint density at radius 2 is 1.74 bits per heavy atom. The Labute approximate surface area is 201 Å². The maximum absolute atomic E-state index is 14.2. The quantitative estimate of drug-likeness (QED) is 0.467. The van der Waals surface area contributed by atoms with Crippen molar-refractivity contribution in [2.45, 2.75) is 20.3 Å². The van der Waals surface area contributed by atoms with Crippen LogP contribution in [0.1, 0.15) is 28.4 Å². The van der Waals surface area contributed by atoms with E-state index in [1.54, 1.807) is 24.3 Å². The number of benzene rings is 3. The van der Waals surface area contributed by atoms with Gasteiger partial charge in [-0.25, -0.2) is 9.29 Å². The van der Waals surface area contributed by atoms with Crippen LogP contribution in [0.2, 0.25) is 0 Å². The van der Waals surface area contributed by atoms with Gasteiger partial charge < -0.3 is 10.6 Å². The lowest BCUT2D eigenvalue weighted by Gasteiger charge is -2.16. The summed E-state index contributed by atoms with van der Waals surface area (Å²) in [7, 11) is 0. The summed E-state index contributed by atoms with van der Waals surface area (Å²) < 4.78 is 14.2. The van der Waals surface area contributed by atoms with E-state index in [1.807, 2.05) is 32.0 Å². The molecule has 1 aliphatic heterocycles. The first kappa shape index (κ1) is 23.2. The first-order valence-corrected chi connectivity index (χ1v) is 11.0. The molecule has 2 N–H and O–H groups in total. The molecule has 0 saturated carbocycles. The highest BCUT2D eigenvalue weighted by Crippen LogP contribution is 2.31. The molecule has 172 valence electrons. The molecule has 0 aliphatic carbocycles. The van der Waals surface area contributed by atoms with Gasteiger partial charge in [0, 0.05) is 16.9 Å². The standard InChI is InChI=1S/C26H21ClFN3O3/c1-3-16-9-6-8-15(2)22(16)30-24(32)17-10-7-11-18(14-17)29-23-21(27)25(33)31(26(23)34)20-13-5-4-12-19(20)28/h4-14,29H,3H2,1-2H3,(H,30,32). The molecule has 0 aromatic heterocycles. The Morgan fingerprint density at radius 3 is 2.47 bits per heavy atom. The zero-order valence-corrected chi connectivity index (χ0v) is 19.2. The maximum atomic E-state index is 14.2. The second-order valence-electron chi connectivity index (χ2n) is 7.71. The lowest BCUT2D eigenvalue weighted by molar-refractivity contribution is -0.120. The SMILES string of the molecule is CCc1cccc(C)c1NC(=O)c1cccc(NC2=C(Cl)C(=O)N(c3ccccc3F)C2=O)c1. The largest absolute Gasteiger partial charge is 0.350 e. The van der Waals surface area contributed by atoms with Gasteiger partial charge in [-0.05, 0) is 54.8 Å². The van der Waals surface area contributed by atoms with Gasteiger partial charge in [0.25, 0.3) is 17.7 Å². The Balaban J connectivity index is 1.57. The van der Waals surface area contributed by atoms with E-state index in [9.17, 15) is 18.8 Å². The highest BCUT2D eigenvalue weighted by Gasteiger charge is 2.40. The van der Waals surface area contributed by atoms with E-state index in [-0.39, 0.29) is 22.3 Å². The molecule has 1 heterocycles. The maximum Gasteiger partial charge on any atom is 0.283 e. The predicted molar refractivity (Wildman–Crippen MR) is 130 cm³/mol. The summed E-state index contributed by atoms with van der Waals surface area (Å²) in [6, 6.07) is 17.7. The summed E-state index contributed by atoms with van der Waals surface area (Å²) in [4.78, 5) is 39.1.